The lowest BCUT2D eigenvalue weighted by atomic mass is 10.2. The highest BCUT2D eigenvalue weighted by Crippen LogP contribution is 2.10. The van der Waals surface area contributed by atoms with Gasteiger partial charge in [-0.15, -0.1) is 0 Å². The fraction of sp³-hybridized carbons (Fsp3) is 0.500. The van der Waals surface area contributed by atoms with Gasteiger partial charge in [-0.05, 0) is 31.9 Å². The van der Waals surface area contributed by atoms with Gasteiger partial charge in [0.15, 0.2) is 0 Å². The zero-order valence-corrected chi connectivity index (χ0v) is 12.2. The fourth-order valence-electron chi connectivity index (χ4n) is 1.54. The highest BCUT2D eigenvalue weighted by Gasteiger charge is 2.13. The summed E-state index contributed by atoms with van der Waals surface area (Å²) in [5.41, 5.74) is 5.00. The van der Waals surface area contributed by atoms with E-state index in [2.05, 4.69) is 15.0 Å². The van der Waals surface area contributed by atoms with E-state index in [1.165, 1.54) is 12.3 Å². The van der Waals surface area contributed by atoms with Crippen LogP contribution in [0.25, 0.3) is 0 Å². The minimum Gasteiger partial charge on any atom is -0.370 e. The zero-order valence-electron chi connectivity index (χ0n) is 11.4. The molecule has 1 aromatic heterocycles. The summed E-state index contributed by atoms with van der Waals surface area (Å²) in [5.74, 6) is 0.254. The summed E-state index contributed by atoms with van der Waals surface area (Å²) >= 11 is 0. The lowest BCUT2D eigenvalue weighted by Crippen LogP contribution is -2.25. The number of hydrogen-bond acceptors (Lipinski definition) is 5. The Kier molecular flexibility index (Phi) is 6.40. The second-order valence-corrected chi connectivity index (χ2v) is 6.00. The van der Waals surface area contributed by atoms with Crippen LogP contribution in [-0.2, 0) is 14.8 Å². The van der Waals surface area contributed by atoms with E-state index < -0.39 is 10.0 Å². The van der Waals surface area contributed by atoms with Gasteiger partial charge in [-0.2, -0.15) is 0 Å². The molecule has 0 aliphatic heterocycles. The van der Waals surface area contributed by atoms with Crippen LogP contribution in [0.2, 0.25) is 0 Å². The molecule has 0 saturated heterocycles. The van der Waals surface area contributed by atoms with Crippen molar-refractivity contribution in [3.05, 3.63) is 18.3 Å². The number of nitrogens with one attached hydrogen (secondary N) is 2. The average Bonchev–Trinajstić information content (AvgIpc) is 2.39. The Bertz CT molecular complexity index is 528. The van der Waals surface area contributed by atoms with Crippen LogP contribution in [0, 0.1) is 0 Å². The fourth-order valence-corrected chi connectivity index (χ4v) is 2.56. The number of aromatic nitrogens is 1. The average molecular weight is 300 g/mol. The summed E-state index contributed by atoms with van der Waals surface area (Å²) in [6.07, 6.45) is 2.70. The molecule has 1 amide bonds. The molecule has 8 heteroatoms. The Hall–Kier alpha value is -1.67. The van der Waals surface area contributed by atoms with Crippen molar-refractivity contribution in [2.45, 2.75) is 31.1 Å². The van der Waals surface area contributed by atoms with Crippen LogP contribution < -0.4 is 15.8 Å². The highest BCUT2D eigenvalue weighted by molar-refractivity contribution is 7.89. The molecule has 1 rings (SSSR count). The molecule has 0 aromatic carbocycles. The Balaban J connectivity index is 2.49. The first-order valence-corrected chi connectivity index (χ1v) is 7.92. The summed E-state index contributed by atoms with van der Waals surface area (Å²) in [5, 5.41) is 2.99. The van der Waals surface area contributed by atoms with Gasteiger partial charge in [-0.1, -0.05) is 0 Å². The van der Waals surface area contributed by atoms with E-state index in [1.807, 2.05) is 6.92 Å². The monoisotopic (exact) mass is 300 g/mol. The van der Waals surface area contributed by atoms with Crippen LogP contribution in [0.3, 0.4) is 0 Å². The minimum atomic E-state index is -3.55. The molecular weight excluding hydrogens is 280 g/mol. The molecule has 1 heterocycles. The lowest BCUT2D eigenvalue weighted by molar-refractivity contribution is -0.118. The third kappa shape index (κ3) is 5.54. The van der Waals surface area contributed by atoms with Crippen LogP contribution >= 0.6 is 0 Å². The molecule has 0 aliphatic carbocycles. The maximum Gasteiger partial charge on any atom is 0.242 e. The van der Waals surface area contributed by atoms with Crippen molar-refractivity contribution in [1.82, 2.24) is 9.71 Å². The van der Waals surface area contributed by atoms with Crippen molar-refractivity contribution >= 4 is 21.7 Å². The lowest BCUT2D eigenvalue weighted by Gasteiger charge is -2.07. The van der Waals surface area contributed by atoms with Gasteiger partial charge in [-0.25, -0.2) is 18.1 Å². The smallest absolute Gasteiger partial charge is 0.242 e. The van der Waals surface area contributed by atoms with E-state index in [0.29, 0.717) is 18.7 Å². The number of amides is 1. The van der Waals surface area contributed by atoms with E-state index in [0.717, 1.165) is 6.54 Å². The number of hydrogen-bond donors (Lipinski definition) is 3. The number of carbonyl (C=O) groups is 1. The number of anilines is 1. The molecule has 7 nitrogen and oxygen atoms in total. The largest absolute Gasteiger partial charge is 0.370 e. The van der Waals surface area contributed by atoms with Crippen molar-refractivity contribution in [3.8, 4) is 0 Å². The maximum atomic E-state index is 11.9. The van der Waals surface area contributed by atoms with Crippen molar-refractivity contribution in [3.63, 3.8) is 0 Å². The first kappa shape index (κ1) is 16.4. The number of unbranched alkanes of at least 4 members (excludes halogenated alkanes) is 1. The molecule has 20 heavy (non-hydrogen) atoms. The molecule has 0 radical (unpaired) electrons. The number of rotatable bonds is 9. The SMILES string of the molecule is CCNc1ccc(S(=O)(=O)NCCCCC(N)=O)cn1. The van der Waals surface area contributed by atoms with E-state index in [4.69, 9.17) is 5.73 Å². The van der Waals surface area contributed by atoms with Crippen molar-refractivity contribution in [1.29, 1.82) is 0 Å². The van der Waals surface area contributed by atoms with Gasteiger partial charge in [0.1, 0.15) is 10.7 Å². The van der Waals surface area contributed by atoms with Crippen LogP contribution in [0.1, 0.15) is 26.2 Å². The molecule has 0 aliphatic rings. The van der Waals surface area contributed by atoms with E-state index in [-0.39, 0.29) is 23.8 Å². The molecule has 4 N–H and O–H groups in total. The second-order valence-electron chi connectivity index (χ2n) is 4.23. The third-order valence-electron chi connectivity index (χ3n) is 2.55. The quantitative estimate of drug-likeness (QED) is 0.573. The summed E-state index contributed by atoms with van der Waals surface area (Å²) in [6, 6.07) is 3.11. The normalized spacial score (nSPS) is 11.2. The van der Waals surface area contributed by atoms with Gasteiger partial charge in [0.05, 0.1) is 0 Å². The summed E-state index contributed by atoms with van der Waals surface area (Å²) in [4.78, 5) is 14.7. The molecular formula is C12H20N4O3S. The van der Waals surface area contributed by atoms with Gasteiger partial charge in [0.25, 0.3) is 0 Å². The van der Waals surface area contributed by atoms with Gasteiger partial charge >= 0.3 is 0 Å². The summed E-state index contributed by atoms with van der Waals surface area (Å²) in [7, 11) is -3.55. The molecule has 0 bridgehead atoms. The number of nitrogens with two attached hydrogens (primary N) is 1. The van der Waals surface area contributed by atoms with E-state index in [1.54, 1.807) is 6.07 Å². The van der Waals surface area contributed by atoms with Crippen LogP contribution in [0.15, 0.2) is 23.2 Å². The van der Waals surface area contributed by atoms with Crippen LogP contribution in [0.4, 0.5) is 5.82 Å². The van der Waals surface area contributed by atoms with Gasteiger partial charge in [-0.3, -0.25) is 4.79 Å². The first-order valence-electron chi connectivity index (χ1n) is 6.43. The number of pyridine rings is 1. The van der Waals surface area contributed by atoms with Crippen molar-refractivity contribution in [2.75, 3.05) is 18.4 Å². The number of sulfonamides is 1. The van der Waals surface area contributed by atoms with Crippen molar-refractivity contribution < 1.29 is 13.2 Å². The predicted octanol–water partition coefficient (Wildman–Crippen LogP) is 0.447. The number of nitrogens with zero attached hydrogens (tertiary/aromatic N) is 1. The van der Waals surface area contributed by atoms with Crippen molar-refractivity contribution in [2.24, 2.45) is 5.73 Å². The Morgan fingerprint density at radius 1 is 1.35 bits per heavy atom. The second kappa shape index (κ2) is 7.81. The topological polar surface area (TPSA) is 114 Å². The van der Waals surface area contributed by atoms with E-state index >= 15 is 0 Å². The molecule has 112 valence electrons. The Labute approximate surface area is 119 Å². The first-order chi connectivity index (χ1) is 9.45. The highest BCUT2D eigenvalue weighted by atomic mass is 32.2. The van der Waals surface area contributed by atoms with Gasteiger partial charge in [0.2, 0.25) is 15.9 Å². The molecule has 0 spiro atoms. The summed E-state index contributed by atoms with van der Waals surface area (Å²) < 4.78 is 26.3. The van der Waals surface area contributed by atoms with Crippen LogP contribution in [0.5, 0.6) is 0 Å². The molecule has 0 fully saturated rings. The molecule has 0 unspecified atom stereocenters. The molecule has 1 aromatic rings. The van der Waals surface area contributed by atoms with Gasteiger partial charge in [0, 0.05) is 25.7 Å². The van der Waals surface area contributed by atoms with Crippen LogP contribution in [-0.4, -0.2) is 32.4 Å². The summed E-state index contributed by atoms with van der Waals surface area (Å²) in [6.45, 7) is 2.92. The van der Waals surface area contributed by atoms with E-state index in [9.17, 15) is 13.2 Å². The molecule has 0 saturated carbocycles. The minimum absolute atomic E-state index is 0.119. The number of carbonyl (C=O) groups excluding carboxylic acids is 1. The predicted molar refractivity (Wildman–Crippen MR) is 76.6 cm³/mol. The number of primary amides is 1. The maximum absolute atomic E-state index is 11.9. The standard InChI is InChI=1S/C12H20N4O3S/c1-2-14-12-7-6-10(9-15-12)20(18,19)16-8-4-3-5-11(13)17/h6-7,9,16H,2-5,8H2,1H3,(H2,13,17)(H,14,15). The Morgan fingerprint density at radius 2 is 2.10 bits per heavy atom. The third-order valence-corrected chi connectivity index (χ3v) is 3.99. The molecule has 0 atom stereocenters. The van der Waals surface area contributed by atoms with Gasteiger partial charge < -0.3 is 11.1 Å². The zero-order chi connectivity index (χ0) is 15.0. The Morgan fingerprint density at radius 3 is 2.65 bits per heavy atom.